The summed E-state index contributed by atoms with van der Waals surface area (Å²) in [6, 6.07) is 19.5. The van der Waals surface area contributed by atoms with E-state index in [-0.39, 0.29) is 5.82 Å². The summed E-state index contributed by atoms with van der Waals surface area (Å²) in [5, 5.41) is 0. The van der Waals surface area contributed by atoms with Crippen LogP contribution in [0.3, 0.4) is 0 Å². The average Bonchev–Trinajstić information content (AvgIpc) is 3.18. The number of aromatic nitrogens is 2. The molecule has 0 saturated carbocycles. The molecule has 0 spiro atoms. The van der Waals surface area contributed by atoms with E-state index in [0.717, 1.165) is 47.1 Å². The molecular weight excluding hydrogens is 401 g/mol. The molecule has 0 N–H and O–H groups in total. The van der Waals surface area contributed by atoms with Crippen LogP contribution in [0.2, 0.25) is 0 Å². The minimum Gasteiger partial charge on any atom is -0.361 e. The minimum atomic E-state index is -0.549. The molecule has 1 atom stereocenters. The van der Waals surface area contributed by atoms with E-state index in [1.54, 1.807) is 12.4 Å². The Morgan fingerprint density at radius 3 is 2.41 bits per heavy atom. The van der Waals surface area contributed by atoms with Crippen LogP contribution in [0.1, 0.15) is 29.5 Å². The van der Waals surface area contributed by atoms with Crippen molar-refractivity contribution in [2.75, 3.05) is 20.6 Å². The first-order chi connectivity index (χ1) is 15.5. The molecule has 0 radical (unpaired) electrons. The van der Waals surface area contributed by atoms with E-state index in [9.17, 15) is 4.39 Å². The highest BCUT2D eigenvalue weighted by molar-refractivity contribution is 5.81. The zero-order valence-corrected chi connectivity index (χ0v) is 18.4. The van der Waals surface area contributed by atoms with Crippen molar-refractivity contribution >= 4 is 11.0 Å². The maximum atomic E-state index is 13.6. The predicted octanol–water partition coefficient (Wildman–Crippen LogP) is 5.55. The molecule has 0 bridgehead atoms. The third kappa shape index (κ3) is 3.78. The fourth-order valence-electron chi connectivity index (χ4n) is 4.66. The Morgan fingerprint density at radius 1 is 0.906 bits per heavy atom. The second-order valence-electron chi connectivity index (χ2n) is 8.66. The number of hydrogen-bond acceptors (Lipinski definition) is 4. The summed E-state index contributed by atoms with van der Waals surface area (Å²) in [6.07, 6.45) is 5.25. The summed E-state index contributed by atoms with van der Waals surface area (Å²) in [7, 11) is 4.16. The second kappa shape index (κ2) is 8.41. The van der Waals surface area contributed by atoms with Gasteiger partial charge in [0.15, 0.2) is 0 Å². The molecule has 1 unspecified atom stereocenters. The monoisotopic (exact) mass is 427 g/mol. The van der Waals surface area contributed by atoms with Crippen LogP contribution in [0.15, 0.2) is 73.1 Å². The Hall–Kier alpha value is -3.15. The van der Waals surface area contributed by atoms with E-state index in [2.05, 4.69) is 59.3 Å². The molecule has 1 aromatic heterocycles. The van der Waals surface area contributed by atoms with Crippen molar-refractivity contribution in [2.24, 2.45) is 0 Å². The highest BCUT2D eigenvalue weighted by Gasteiger charge is 2.41. The third-order valence-corrected chi connectivity index (χ3v) is 6.26. The molecule has 0 amide bonds. The van der Waals surface area contributed by atoms with Crippen LogP contribution in [0.25, 0.3) is 22.2 Å². The maximum Gasteiger partial charge on any atom is 0.123 e. The average molecular weight is 428 g/mol. The van der Waals surface area contributed by atoms with Gasteiger partial charge in [-0.15, -0.1) is 0 Å². The topological polar surface area (TPSA) is 38.2 Å². The van der Waals surface area contributed by atoms with E-state index in [4.69, 9.17) is 4.74 Å². The van der Waals surface area contributed by atoms with Crippen molar-refractivity contribution in [1.82, 2.24) is 14.9 Å². The van der Waals surface area contributed by atoms with E-state index >= 15 is 0 Å². The van der Waals surface area contributed by atoms with Gasteiger partial charge in [-0.1, -0.05) is 30.3 Å². The first-order valence-electron chi connectivity index (χ1n) is 10.9. The van der Waals surface area contributed by atoms with Crippen LogP contribution < -0.4 is 0 Å². The number of hydrogen-bond donors (Lipinski definition) is 0. The van der Waals surface area contributed by atoms with Crippen LogP contribution >= 0.6 is 0 Å². The second-order valence-corrected chi connectivity index (χ2v) is 8.66. The molecule has 5 heteroatoms. The first kappa shape index (κ1) is 20.7. The molecule has 0 aliphatic carbocycles. The van der Waals surface area contributed by atoms with Crippen molar-refractivity contribution in [3.63, 3.8) is 0 Å². The van der Waals surface area contributed by atoms with Crippen LogP contribution in [0.4, 0.5) is 4.39 Å². The summed E-state index contributed by atoms with van der Waals surface area (Å²) in [6.45, 7) is 1.51. The van der Waals surface area contributed by atoms with Gasteiger partial charge in [0.1, 0.15) is 11.4 Å². The maximum absolute atomic E-state index is 13.6. The molecular formula is C27H26FN3O. The molecule has 0 saturated heterocycles. The predicted molar refractivity (Wildman–Crippen MR) is 125 cm³/mol. The largest absolute Gasteiger partial charge is 0.361 e. The highest BCUT2D eigenvalue weighted by Crippen LogP contribution is 2.46. The number of nitrogens with zero attached hydrogens (tertiary/aromatic N) is 3. The van der Waals surface area contributed by atoms with E-state index < -0.39 is 5.60 Å². The lowest BCUT2D eigenvalue weighted by Crippen LogP contribution is -2.28. The Kier molecular flexibility index (Phi) is 5.45. The van der Waals surface area contributed by atoms with Crippen molar-refractivity contribution < 1.29 is 9.13 Å². The van der Waals surface area contributed by atoms with Crippen molar-refractivity contribution in [1.29, 1.82) is 0 Å². The SMILES string of the molecule is CN(C)CCCC1(c2ccc(F)cc2)OCc2cc(-c3ccc4nccnc4c3)ccc21. The first-order valence-corrected chi connectivity index (χ1v) is 10.9. The zero-order valence-electron chi connectivity index (χ0n) is 18.4. The molecule has 3 aromatic carbocycles. The third-order valence-electron chi connectivity index (χ3n) is 6.26. The van der Waals surface area contributed by atoms with Gasteiger partial charge in [0.25, 0.3) is 0 Å². The molecule has 5 rings (SSSR count). The Balaban J connectivity index is 1.54. The Bertz CT molecular complexity index is 1260. The van der Waals surface area contributed by atoms with Crippen molar-refractivity contribution in [2.45, 2.75) is 25.0 Å². The number of rotatable bonds is 6. The fraction of sp³-hybridized carbons (Fsp3) is 0.259. The quantitative estimate of drug-likeness (QED) is 0.404. The smallest absolute Gasteiger partial charge is 0.123 e. The number of benzene rings is 3. The van der Waals surface area contributed by atoms with Gasteiger partial charge >= 0.3 is 0 Å². The highest BCUT2D eigenvalue weighted by atomic mass is 19.1. The molecule has 1 aliphatic heterocycles. The van der Waals surface area contributed by atoms with Crippen molar-refractivity contribution in [3.8, 4) is 11.1 Å². The summed E-state index contributed by atoms with van der Waals surface area (Å²) < 4.78 is 20.2. The van der Waals surface area contributed by atoms with Gasteiger partial charge in [-0.3, -0.25) is 9.97 Å². The Labute approximate surface area is 187 Å². The normalized spacial score (nSPS) is 17.8. The summed E-state index contributed by atoms with van der Waals surface area (Å²) >= 11 is 0. The van der Waals surface area contributed by atoms with Crippen LogP contribution in [-0.4, -0.2) is 35.5 Å². The molecule has 4 nitrogen and oxygen atoms in total. The summed E-state index contributed by atoms with van der Waals surface area (Å²) in [4.78, 5) is 11.0. The van der Waals surface area contributed by atoms with E-state index in [0.29, 0.717) is 6.61 Å². The van der Waals surface area contributed by atoms with Gasteiger partial charge in [0, 0.05) is 12.4 Å². The zero-order chi connectivity index (χ0) is 22.1. The molecule has 1 aliphatic rings. The Morgan fingerprint density at radius 2 is 1.62 bits per heavy atom. The van der Waals surface area contributed by atoms with Gasteiger partial charge in [-0.05, 0) is 91.6 Å². The molecule has 32 heavy (non-hydrogen) atoms. The van der Waals surface area contributed by atoms with Gasteiger partial charge < -0.3 is 9.64 Å². The van der Waals surface area contributed by atoms with Gasteiger partial charge in [-0.25, -0.2) is 4.39 Å². The van der Waals surface area contributed by atoms with Crippen molar-refractivity contribution in [3.05, 3.63) is 95.6 Å². The molecule has 2 heterocycles. The van der Waals surface area contributed by atoms with E-state index in [1.807, 2.05) is 18.2 Å². The number of halogens is 1. The summed E-state index contributed by atoms with van der Waals surface area (Å²) in [5.41, 5.74) is 6.80. The fourth-order valence-corrected chi connectivity index (χ4v) is 4.66. The van der Waals surface area contributed by atoms with Gasteiger partial charge in [-0.2, -0.15) is 0 Å². The lowest BCUT2D eigenvalue weighted by atomic mass is 9.81. The van der Waals surface area contributed by atoms with Crippen LogP contribution in [-0.2, 0) is 16.9 Å². The number of ether oxygens (including phenoxy) is 1. The molecule has 4 aromatic rings. The van der Waals surface area contributed by atoms with Crippen LogP contribution in [0.5, 0.6) is 0 Å². The molecule has 0 fully saturated rings. The van der Waals surface area contributed by atoms with E-state index in [1.165, 1.54) is 23.3 Å². The molecule has 162 valence electrons. The lowest BCUT2D eigenvalue weighted by Gasteiger charge is -2.31. The lowest BCUT2D eigenvalue weighted by molar-refractivity contribution is -0.0140. The number of fused-ring (bicyclic) bond motifs is 2. The summed E-state index contributed by atoms with van der Waals surface area (Å²) in [5.74, 6) is -0.231. The van der Waals surface area contributed by atoms with Crippen LogP contribution in [0, 0.1) is 5.82 Å². The standard InChI is InChI=1S/C27H26FN3O/c1-31(2)15-3-12-27(22-6-8-23(28)9-7-22)24-10-4-19(16-21(24)18-32-27)20-5-11-25-26(17-20)30-14-13-29-25/h4-11,13-14,16-17H,3,12,15,18H2,1-2H3. The van der Waals surface area contributed by atoms with Gasteiger partial charge in [0.2, 0.25) is 0 Å². The minimum absolute atomic E-state index is 0.231. The van der Waals surface area contributed by atoms with Gasteiger partial charge in [0.05, 0.1) is 17.6 Å².